The van der Waals surface area contributed by atoms with Crippen molar-refractivity contribution in [3.05, 3.63) is 24.3 Å². The van der Waals surface area contributed by atoms with E-state index in [0.717, 1.165) is 24.2 Å². The van der Waals surface area contributed by atoms with Crippen LogP contribution in [0.2, 0.25) is 0 Å². The fraction of sp³-hybridized carbons (Fsp3) is 0.417. The highest BCUT2D eigenvalue weighted by molar-refractivity contribution is 5.83. The number of hydrogen-bond acceptors (Lipinski definition) is 2. The van der Waals surface area contributed by atoms with E-state index in [9.17, 15) is 0 Å². The zero-order valence-corrected chi connectivity index (χ0v) is 9.83. The zero-order chi connectivity index (χ0) is 11.7. The highest BCUT2D eigenvalue weighted by atomic mass is 14.9. The molecule has 0 saturated heterocycles. The third-order valence-electron chi connectivity index (χ3n) is 1.67. The Labute approximate surface area is 92.2 Å². The van der Waals surface area contributed by atoms with E-state index in [0.29, 0.717) is 5.84 Å². The number of hydrogen-bond donors (Lipinski definition) is 2. The molecule has 15 heavy (non-hydrogen) atoms. The first-order chi connectivity index (χ1) is 7.22. The van der Waals surface area contributed by atoms with Gasteiger partial charge in [0.1, 0.15) is 0 Å². The lowest BCUT2D eigenvalue weighted by atomic mass is 10.3. The van der Waals surface area contributed by atoms with Gasteiger partial charge in [-0.25, -0.2) is 4.99 Å². The summed E-state index contributed by atoms with van der Waals surface area (Å²) in [6, 6.07) is 7.35. The van der Waals surface area contributed by atoms with Crippen molar-refractivity contribution < 1.29 is 0 Å². The molecule has 3 nitrogen and oxygen atoms in total. The third-order valence-corrected chi connectivity index (χ3v) is 1.67. The maximum absolute atomic E-state index is 5.67. The molecule has 0 spiro atoms. The Morgan fingerprint density at radius 1 is 1.20 bits per heavy atom. The SMILES string of the molecule is CC.CCCC(N)=Nc1ccc(N)cc1. The van der Waals surface area contributed by atoms with Crippen molar-refractivity contribution in [3.8, 4) is 0 Å². The largest absolute Gasteiger partial charge is 0.399 e. The first-order valence-corrected chi connectivity index (χ1v) is 5.41. The molecule has 0 aliphatic heterocycles. The Morgan fingerprint density at radius 2 is 1.73 bits per heavy atom. The summed E-state index contributed by atoms with van der Waals surface area (Å²) in [4.78, 5) is 4.23. The highest BCUT2D eigenvalue weighted by Crippen LogP contribution is 2.14. The normalized spacial score (nSPS) is 10.5. The Balaban J connectivity index is 0.000000921. The summed E-state index contributed by atoms with van der Waals surface area (Å²) in [6.07, 6.45) is 1.86. The molecule has 0 amide bonds. The third kappa shape index (κ3) is 5.73. The molecule has 0 unspecified atom stereocenters. The van der Waals surface area contributed by atoms with Crippen molar-refractivity contribution in [3.63, 3.8) is 0 Å². The van der Waals surface area contributed by atoms with Gasteiger partial charge in [0.05, 0.1) is 11.5 Å². The van der Waals surface area contributed by atoms with Crippen LogP contribution in [-0.2, 0) is 0 Å². The number of rotatable bonds is 3. The second kappa shape index (κ2) is 7.85. The second-order valence-electron chi connectivity index (χ2n) is 2.94. The zero-order valence-electron chi connectivity index (χ0n) is 9.83. The van der Waals surface area contributed by atoms with E-state index in [1.54, 1.807) is 0 Å². The van der Waals surface area contributed by atoms with Crippen molar-refractivity contribution in [2.75, 3.05) is 5.73 Å². The quantitative estimate of drug-likeness (QED) is 0.454. The van der Waals surface area contributed by atoms with Crippen molar-refractivity contribution >= 4 is 17.2 Å². The summed E-state index contributed by atoms with van der Waals surface area (Å²) in [7, 11) is 0. The van der Waals surface area contributed by atoms with Crippen molar-refractivity contribution in [2.24, 2.45) is 10.7 Å². The fourth-order valence-corrected chi connectivity index (χ4v) is 1.03. The molecule has 84 valence electrons. The molecular weight excluding hydrogens is 186 g/mol. The van der Waals surface area contributed by atoms with Gasteiger partial charge in [0, 0.05) is 12.1 Å². The molecule has 0 bridgehead atoms. The molecule has 0 atom stereocenters. The fourth-order valence-electron chi connectivity index (χ4n) is 1.03. The molecule has 1 rings (SSSR count). The lowest BCUT2D eigenvalue weighted by Crippen LogP contribution is -2.09. The van der Waals surface area contributed by atoms with Gasteiger partial charge < -0.3 is 11.5 Å². The Hall–Kier alpha value is -1.51. The molecule has 3 heteroatoms. The van der Waals surface area contributed by atoms with Crippen LogP contribution in [0.1, 0.15) is 33.6 Å². The molecular formula is C12H21N3. The standard InChI is InChI=1S/C10H15N3.C2H6/c1-2-3-10(12)13-9-6-4-8(11)5-7-9;1-2/h4-7H,2-3,11H2,1H3,(H2,12,13);1-2H3. The number of aliphatic imine (C=N–C) groups is 1. The Morgan fingerprint density at radius 3 is 2.20 bits per heavy atom. The minimum absolute atomic E-state index is 0.673. The van der Waals surface area contributed by atoms with Gasteiger partial charge in [-0.15, -0.1) is 0 Å². The van der Waals surface area contributed by atoms with Crippen LogP contribution in [0.3, 0.4) is 0 Å². The number of nitrogens with two attached hydrogens (primary N) is 2. The Bertz CT molecular complexity index is 288. The van der Waals surface area contributed by atoms with Crippen LogP contribution in [0.5, 0.6) is 0 Å². The van der Waals surface area contributed by atoms with Gasteiger partial charge >= 0.3 is 0 Å². The van der Waals surface area contributed by atoms with Crippen LogP contribution in [0, 0.1) is 0 Å². The molecule has 0 aliphatic carbocycles. The van der Waals surface area contributed by atoms with Crippen LogP contribution in [0.15, 0.2) is 29.3 Å². The summed E-state index contributed by atoms with van der Waals surface area (Å²) in [6.45, 7) is 6.07. The van der Waals surface area contributed by atoms with E-state index in [1.165, 1.54) is 0 Å². The lowest BCUT2D eigenvalue weighted by Gasteiger charge is -1.98. The van der Waals surface area contributed by atoms with Crippen molar-refractivity contribution in [1.29, 1.82) is 0 Å². The number of amidine groups is 1. The van der Waals surface area contributed by atoms with Gasteiger partial charge in [0.15, 0.2) is 0 Å². The molecule has 0 fully saturated rings. The van der Waals surface area contributed by atoms with Crippen molar-refractivity contribution in [1.82, 2.24) is 0 Å². The van der Waals surface area contributed by atoms with Gasteiger partial charge in [0.25, 0.3) is 0 Å². The molecule has 0 saturated carbocycles. The van der Waals surface area contributed by atoms with Crippen LogP contribution in [0.4, 0.5) is 11.4 Å². The van der Waals surface area contributed by atoms with Gasteiger partial charge in [-0.2, -0.15) is 0 Å². The number of nitrogens with zero attached hydrogens (tertiary/aromatic N) is 1. The van der Waals surface area contributed by atoms with Crippen LogP contribution in [0.25, 0.3) is 0 Å². The maximum Gasteiger partial charge on any atom is 0.0996 e. The summed E-state index contributed by atoms with van der Waals surface area (Å²) in [5, 5.41) is 0. The van der Waals surface area contributed by atoms with Gasteiger partial charge in [0.2, 0.25) is 0 Å². The smallest absolute Gasteiger partial charge is 0.0996 e. The first kappa shape index (κ1) is 13.5. The topological polar surface area (TPSA) is 64.4 Å². The first-order valence-electron chi connectivity index (χ1n) is 5.41. The summed E-state index contributed by atoms with van der Waals surface area (Å²) < 4.78 is 0. The molecule has 1 aromatic rings. The summed E-state index contributed by atoms with van der Waals surface area (Å²) >= 11 is 0. The minimum atomic E-state index is 0.673. The molecule has 0 radical (unpaired) electrons. The van der Waals surface area contributed by atoms with Crippen LogP contribution >= 0.6 is 0 Å². The van der Waals surface area contributed by atoms with E-state index in [1.807, 2.05) is 38.1 Å². The van der Waals surface area contributed by atoms with Gasteiger partial charge in [-0.05, 0) is 30.7 Å². The predicted molar refractivity (Wildman–Crippen MR) is 68.4 cm³/mol. The average molecular weight is 207 g/mol. The number of benzene rings is 1. The van der Waals surface area contributed by atoms with E-state index in [2.05, 4.69) is 11.9 Å². The molecule has 0 aliphatic rings. The monoisotopic (exact) mass is 207 g/mol. The molecule has 0 aromatic heterocycles. The van der Waals surface area contributed by atoms with E-state index in [4.69, 9.17) is 11.5 Å². The van der Waals surface area contributed by atoms with E-state index in [-0.39, 0.29) is 0 Å². The van der Waals surface area contributed by atoms with Crippen LogP contribution < -0.4 is 11.5 Å². The molecule has 0 heterocycles. The van der Waals surface area contributed by atoms with Gasteiger partial charge in [-0.3, -0.25) is 0 Å². The average Bonchev–Trinajstić information content (AvgIpc) is 2.25. The summed E-state index contributed by atoms with van der Waals surface area (Å²) in [5.74, 6) is 0.673. The van der Waals surface area contributed by atoms with Crippen LogP contribution in [-0.4, -0.2) is 5.84 Å². The maximum atomic E-state index is 5.67. The number of anilines is 1. The second-order valence-corrected chi connectivity index (χ2v) is 2.94. The minimum Gasteiger partial charge on any atom is -0.399 e. The predicted octanol–water partition coefficient (Wildman–Crippen LogP) is 3.08. The Kier molecular flexibility index (Phi) is 7.06. The van der Waals surface area contributed by atoms with E-state index >= 15 is 0 Å². The lowest BCUT2D eigenvalue weighted by molar-refractivity contribution is 0.983. The van der Waals surface area contributed by atoms with Crippen molar-refractivity contribution in [2.45, 2.75) is 33.6 Å². The molecule has 4 N–H and O–H groups in total. The summed E-state index contributed by atoms with van der Waals surface area (Å²) in [5.41, 5.74) is 12.8. The molecule has 1 aromatic carbocycles. The highest BCUT2D eigenvalue weighted by Gasteiger charge is 1.92. The number of nitrogen functional groups attached to an aromatic ring is 1. The van der Waals surface area contributed by atoms with Gasteiger partial charge in [-0.1, -0.05) is 20.8 Å². The van der Waals surface area contributed by atoms with E-state index < -0.39 is 0 Å².